The third kappa shape index (κ3) is 3.82. The first-order valence-electron chi connectivity index (χ1n) is 6.92. The molecule has 1 aromatic heterocycles. The zero-order valence-corrected chi connectivity index (χ0v) is 13.8. The topological polar surface area (TPSA) is 75.7 Å². The Balaban J connectivity index is 2.13. The van der Waals surface area contributed by atoms with Crippen molar-refractivity contribution in [2.75, 3.05) is 26.3 Å². The number of amides is 1. The van der Waals surface area contributed by atoms with Crippen molar-refractivity contribution in [1.29, 1.82) is 0 Å². The van der Waals surface area contributed by atoms with Crippen molar-refractivity contribution >= 4 is 27.3 Å². The van der Waals surface area contributed by atoms with Crippen LogP contribution in [0.4, 0.5) is 0 Å². The lowest BCUT2D eigenvalue weighted by molar-refractivity contribution is 0.0730. The molecule has 0 aliphatic carbocycles. The molecule has 0 unspecified atom stereocenters. The van der Waals surface area contributed by atoms with Gasteiger partial charge in [-0.1, -0.05) is 6.92 Å². The van der Waals surface area contributed by atoms with Gasteiger partial charge in [0.1, 0.15) is 0 Å². The molecule has 1 aromatic rings. The van der Waals surface area contributed by atoms with Gasteiger partial charge in [0, 0.05) is 24.5 Å². The first kappa shape index (κ1) is 16.4. The lowest BCUT2D eigenvalue weighted by Crippen LogP contribution is -2.40. The molecule has 1 amide bonds. The number of carbonyl (C=O) groups excluding carboxylic acids is 1. The maximum absolute atomic E-state index is 12.4. The van der Waals surface area contributed by atoms with E-state index in [-0.39, 0.29) is 16.8 Å². The molecule has 1 saturated heterocycles. The summed E-state index contributed by atoms with van der Waals surface area (Å²) in [4.78, 5) is 12.6. The summed E-state index contributed by atoms with van der Waals surface area (Å²) in [5.74, 6) is -0.224. The SMILES string of the molecule is CC[C@H](C)NC(=O)c1cc(S(=O)(=O)N2CCOCC2)cs1. The summed E-state index contributed by atoms with van der Waals surface area (Å²) in [6, 6.07) is 1.52. The minimum absolute atomic E-state index is 0.0684. The Morgan fingerprint density at radius 2 is 2.14 bits per heavy atom. The summed E-state index contributed by atoms with van der Waals surface area (Å²) in [7, 11) is -3.53. The molecule has 6 nitrogen and oxygen atoms in total. The standard InChI is InChI=1S/C13H20N2O4S2/c1-3-10(2)14-13(16)12-8-11(9-20-12)21(17,18)15-4-6-19-7-5-15/h8-10H,3-7H2,1-2H3,(H,14,16)/t10-/m0/s1. The summed E-state index contributed by atoms with van der Waals surface area (Å²) in [5.41, 5.74) is 0. The number of rotatable bonds is 5. The number of carbonyl (C=O) groups is 1. The number of morpholine rings is 1. The molecule has 0 saturated carbocycles. The van der Waals surface area contributed by atoms with Gasteiger partial charge in [-0.3, -0.25) is 4.79 Å². The molecule has 1 aliphatic heterocycles. The molecule has 1 atom stereocenters. The second-order valence-corrected chi connectivity index (χ2v) is 7.80. The quantitative estimate of drug-likeness (QED) is 0.882. The van der Waals surface area contributed by atoms with Gasteiger partial charge in [0.25, 0.3) is 5.91 Å². The average Bonchev–Trinajstić information content (AvgIpc) is 2.98. The first-order valence-corrected chi connectivity index (χ1v) is 9.24. The number of ether oxygens (including phenoxy) is 1. The molecule has 2 heterocycles. The number of hydrogen-bond acceptors (Lipinski definition) is 5. The van der Waals surface area contributed by atoms with E-state index < -0.39 is 10.0 Å². The third-order valence-electron chi connectivity index (χ3n) is 3.40. The summed E-state index contributed by atoms with van der Waals surface area (Å²) in [6.07, 6.45) is 0.829. The van der Waals surface area contributed by atoms with E-state index in [1.54, 1.807) is 0 Å². The first-order chi connectivity index (χ1) is 9.95. The van der Waals surface area contributed by atoms with Crippen molar-refractivity contribution in [1.82, 2.24) is 9.62 Å². The van der Waals surface area contributed by atoms with E-state index in [1.165, 1.54) is 15.8 Å². The predicted octanol–water partition coefficient (Wildman–Crippen LogP) is 1.30. The zero-order chi connectivity index (χ0) is 15.5. The monoisotopic (exact) mass is 332 g/mol. The van der Waals surface area contributed by atoms with Gasteiger partial charge in [-0.15, -0.1) is 11.3 Å². The Hall–Kier alpha value is -0.960. The molecule has 0 spiro atoms. The molecular weight excluding hydrogens is 312 g/mol. The summed E-state index contributed by atoms with van der Waals surface area (Å²) >= 11 is 1.15. The van der Waals surface area contributed by atoms with Crippen LogP contribution >= 0.6 is 11.3 Å². The zero-order valence-electron chi connectivity index (χ0n) is 12.2. The highest BCUT2D eigenvalue weighted by molar-refractivity contribution is 7.89. The van der Waals surface area contributed by atoms with Crippen LogP contribution in [-0.4, -0.2) is 51.0 Å². The largest absolute Gasteiger partial charge is 0.379 e. The van der Waals surface area contributed by atoms with Gasteiger partial charge in [-0.05, 0) is 19.4 Å². The van der Waals surface area contributed by atoms with Crippen molar-refractivity contribution in [3.63, 3.8) is 0 Å². The molecule has 1 N–H and O–H groups in total. The maximum Gasteiger partial charge on any atom is 0.261 e. The highest BCUT2D eigenvalue weighted by atomic mass is 32.2. The normalized spacial score (nSPS) is 18.4. The smallest absolute Gasteiger partial charge is 0.261 e. The molecule has 0 radical (unpaired) electrons. The van der Waals surface area contributed by atoms with E-state index in [0.29, 0.717) is 31.2 Å². The van der Waals surface area contributed by atoms with Crippen LogP contribution in [0.1, 0.15) is 29.9 Å². The van der Waals surface area contributed by atoms with E-state index in [1.807, 2.05) is 13.8 Å². The van der Waals surface area contributed by atoms with Gasteiger partial charge in [-0.2, -0.15) is 4.31 Å². The number of hydrogen-bond donors (Lipinski definition) is 1. The Morgan fingerprint density at radius 1 is 1.48 bits per heavy atom. The Labute approximate surface area is 129 Å². The third-order valence-corrected chi connectivity index (χ3v) is 6.35. The molecule has 1 fully saturated rings. The van der Waals surface area contributed by atoms with Gasteiger partial charge < -0.3 is 10.1 Å². The second-order valence-electron chi connectivity index (χ2n) is 4.95. The molecule has 1 aliphatic rings. The number of sulfonamides is 1. The van der Waals surface area contributed by atoms with Crippen molar-refractivity contribution in [3.8, 4) is 0 Å². The Morgan fingerprint density at radius 3 is 2.76 bits per heavy atom. The fourth-order valence-corrected chi connectivity index (χ4v) is 4.48. The van der Waals surface area contributed by atoms with Crippen LogP contribution in [0.2, 0.25) is 0 Å². The van der Waals surface area contributed by atoms with Crippen LogP contribution in [0.5, 0.6) is 0 Å². The lowest BCUT2D eigenvalue weighted by Gasteiger charge is -2.25. The Kier molecular flexibility index (Phi) is 5.37. The van der Waals surface area contributed by atoms with Crippen LogP contribution in [0.3, 0.4) is 0 Å². The Bertz CT molecular complexity index is 591. The fraction of sp³-hybridized carbons (Fsp3) is 0.615. The van der Waals surface area contributed by atoms with E-state index in [0.717, 1.165) is 17.8 Å². The fourth-order valence-electron chi connectivity index (χ4n) is 1.91. The van der Waals surface area contributed by atoms with Crippen LogP contribution in [0, 0.1) is 0 Å². The van der Waals surface area contributed by atoms with Gasteiger partial charge in [0.2, 0.25) is 10.0 Å². The molecule has 2 rings (SSSR count). The molecule has 21 heavy (non-hydrogen) atoms. The van der Waals surface area contributed by atoms with E-state index in [4.69, 9.17) is 4.74 Å². The minimum atomic E-state index is -3.53. The predicted molar refractivity (Wildman–Crippen MR) is 81.1 cm³/mol. The number of nitrogens with zero attached hydrogens (tertiary/aromatic N) is 1. The lowest BCUT2D eigenvalue weighted by atomic mass is 10.2. The van der Waals surface area contributed by atoms with Crippen LogP contribution < -0.4 is 5.32 Å². The van der Waals surface area contributed by atoms with Crippen LogP contribution in [0.25, 0.3) is 0 Å². The molecule has 0 aromatic carbocycles. The molecule has 118 valence electrons. The van der Waals surface area contributed by atoms with Crippen LogP contribution in [0.15, 0.2) is 16.3 Å². The van der Waals surface area contributed by atoms with Crippen LogP contribution in [-0.2, 0) is 14.8 Å². The van der Waals surface area contributed by atoms with Gasteiger partial charge >= 0.3 is 0 Å². The van der Waals surface area contributed by atoms with E-state index in [2.05, 4.69) is 5.32 Å². The van der Waals surface area contributed by atoms with Crippen molar-refractivity contribution < 1.29 is 17.9 Å². The van der Waals surface area contributed by atoms with Crippen molar-refractivity contribution in [2.24, 2.45) is 0 Å². The van der Waals surface area contributed by atoms with E-state index >= 15 is 0 Å². The average molecular weight is 332 g/mol. The van der Waals surface area contributed by atoms with Crippen molar-refractivity contribution in [2.45, 2.75) is 31.2 Å². The van der Waals surface area contributed by atoms with Gasteiger partial charge in [0.15, 0.2) is 0 Å². The molecule has 0 bridgehead atoms. The summed E-state index contributed by atoms with van der Waals surface area (Å²) < 4.78 is 31.5. The summed E-state index contributed by atoms with van der Waals surface area (Å²) in [6.45, 7) is 5.42. The van der Waals surface area contributed by atoms with E-state index in [9.17, 15) is 13.2 Å². The maximum atomic E-state index is 12.4. The van der Waals surface area contributed by atoms with Gasteiger partial charge in [-0.25, -0.2) is 8.42 Å². The molecular formula is C13H20N2O4S2. The molecule has 8 heteroatoms. The number of thiophene rings is 1. The number of nitrogens with one attached hydrogen (secondary N) is 1. The highest BCUT2D eigenvalue weighted by Crippen LogP contribution is 2.23. The van der Waals surface area contributed by atoms with Gasteiger partial charge in [0.05, 0.1) is 23.0 Å². The summed E-state index contributed by atoms with van der Waals surface area (Å²) in [5, 5.41) is 4.36. The highest BCUT2D eigenvalue weighted by Gasteiger charge is 2.28. The second kappa shape index (κ2) is 6.87. The van der Waals surface area contributed by atoms with Crippen molar-refractivity contribution in [3.05, 3.63) is 16.3 Å². The minimum Gasteiger partial charge on any atom is -0.379 e.